The Bertz CT molecular complexity index is 492. The third-order valence-electron chi connectivity index (χ3n) is 2.31. The Morgan fingerprint density at radius 2 is 1.60 bits per heavy atom. The van der Waals surface area contributed by atoms with Gasteiger partial charge in [0.25, 0.3) is 6.29 Å². The van der Waals surface area contributed by atoms with E-state index >= 15 is 0 Å². The Labute approximate surface area is 116 Å². The minimum absolute atomic E-state index is 0.355. The van der Waals surface area contributed by atoms with Crippen LogP contribution < -0.4 is 0 Å². The van der Waals surface area contributed by atoms with Gasteiger partial charge >= 0.3 is 17.9 Å². The van der Waals surface area contributed by atoms with E-state index in [-0.39, 0.29) is 6.61 Å². The van der Waals surface area contributed by atoms with E-state index in [4.69, 9.17) is 14.2 Å². The van der Waals surface area contributed by atoms with Gasteiger partial charge in [0.1, 0.15) is 0 Å². The number of ether oxygens (including phenoxy) is 3. The highest BCUT2D eigenvalue weighted by atomic mass is 16.7. The number of esters is 3. The van der Waals surface area contributed by atoms with Crippen molar-refractivity contribution in [1.82, 2.24) is 0 Å². The van der Waals surface area contributed by atoms with Crippen molar-refractivity contribution in [3.8, 4) is 0 Å². The molecule has 20 heavy (non-hydrogen) atoms. The lowest BCUT2D eigenvalue weighted by atomic mass is 10.1. The van der Waals surface area contributed by atoms with E-state index in [1.54, 1.807) is 31.2 Å². The summed E-state index contributed by atoms with van der Waals surface area (Å²) in [7, 11) is 0. The normalized spacial score (nSPS) is 10.0. The molecule has 6 nitrogen and oxygen atoms in total. The van der Waals surface area contributed by atoms with Gasteiger partial charge in [-0.15, -0.1) is 0 Å². The first kappa shape index (κ1) is 15.7. The second-order valence-electron chi connectivity index (χ2n) is 4.06. The number of carbonyl (C=O) groups is 3. The lowest BCUT2D eigenvalue weighted by Crippen LogP contribution is -2.28. The average Bonchev–Trinajstić information content (AvgIpc) is 2.34. The van der Waals surface area contributed by atoms with E-state index in [2.05, 4.69) is 0 Å². The summed E-state index contributed by atoms with van der Waals surface area (Å²) in [5.74, 6) is -1.85. The van der Waals surface area contributed by atoms with Crippen molar-refractivity contribution >= 4 is 17.9 Å². The van der Waals surface area contributed by atoms with Crippen LogP contribution in [-0.2, 0) is 23.8 Å². The molecule has 0 unspecified atom stereocenters. The van der Waals surface area contributed by atoms with Crippen molar-refractivity contribution in [1.29, 1.82) is 0 Å². The van der Waals surface area contributed by atoms with E-state index in [9.17, 15) is 14.4 Å². The highest BCUT2D eigenvalue weighted by Crippen LogP contribution is 2.09. The maximum absolute atomic E-state index is 11.8. The van der Waals surface area contributed by atoms with Crippen LogP contribution in [0.15, 0.2) is 24.3 Å². The second-order valence-corrected chi connectivity index (χ2v) is 4.06. The van der Waals surface area contributed by atoms with Gasteiger partial charge in [0, 0.05) is 13.8 Å². The van der Waals surface area contributed by atoms with E-state index in [1.807, 2.05) is 0 Å². The molecule has 0 heterocycles. The molecule has 0 radical (unpaired) electrons. The Morgan fingerprint density at radius 3 is 2.10 bits per heavy atom. The van der Waals surface area contributed by atoms with Crippen molar-refractivity contribution in [3.05, 3.63) is 35.4 Å². The molecular formula is C14H16O6. The summed E-state index contributed by atoms with van der Waals surface area (Å²) in [6, 6.07) is 6.89. The van der Waals surface area contributed by atoms with E-state index in [0.29, 0.717) is 5.56 Å². The molecule has 0 amide bonds. The minimum atomic E-state index is -1.24. The van der Waals surface area contributed by atoms with Crippen molar-refractivity contribution in [2.45, 2.75) is 27.1 Å². The van der Waals surface area contributed by atoms with Gasteiger partial charge in [-0.2, -0.15) is 0 Å². The summed E-state index contributed by atoms with van der Waals surface area (Å²) in [4.78, 5) is 33.5. The lowest BCUT2D eigenvalue weighted by molar-refractivity contribution is -0.191. The molecule has 108 valence electrons. The Balaban J connectivity index is 2.62. The number of rotatable bonds is 5. The van der Waals surface area contributed by atoms with Crippen molar-refractivity contribution in [3.63, 3.8) is 0 Å². The second kappa shape index (κ2) is 7.28. The van der Waals surface area contributed by atoms with Crippen LogP contribution in [0.3, 0.4) is 0 Å². The maximum Gasteiger partial charge on any atom is 0.338 e. The number of hydrogen-bond donors (Lipinski definition) is 0. The van der Waals surface area contributed by atoms with Crippen molar-refractivity contribution in [2.24, 2.45) is 0 Å². The fraction of sp³-hybridized carbons (Fsp3) is 0.357. The van der Waals surface area contributed by atoms with Gasteiger partial charge in [-0.3, -0.25) is 9.59 Å². The molecule has 0 saturated heterocycles. The van der Waals surface area contributed by atoms with Crippen molar-refractivity contribution in [2.75, 3.05) is 6.61 Å². The first-order valence-electron chi connectivity index (χ1n) is 5.97. The largest absolute Gasteiger partial charge is 0.454 e. The van der Waals surface area contributed by atoms with Gasteiger partial charge in [0.15, 0.2) is 6.61 Å². The molecule has 0 aromatic heterocycles. The van der Waals surface area contributed by atoms with Gasteiger partial charge in [0.2, 0.25) is 0 Å². The van der Waals surface area contributed by atoms with E-state index in [0.717, 1.165) is 5.56 Å². The molecule has 0 aliphatic carbocycles. The van der Waals surface area contributed by atoms with Gasteiger partial charge in [-0.1, -0.05) is 18.2 Å². The maximum atomic E-state index is 11.8. The zero-order valence-corrected chi connectivity index (χ0v) is 11.5. The minimum Gasteiger partial charge on any atom is -0.454 e. The third kappa shape index (κ3) is 5.09. The van der Waals surface area contributed by atoms with E-state index < -0.39 is 24.2 Å². The van der Waals surface area contributed by atoms with Crippen LogP contribution in [0.5, 0.6) is 0 Å². The first-order valence-corrected chi connectivity index (χ1v) is 5.97. The molecule has 6 heteroatoms. The van der Waals surface area contributed by atoms with Gasteiger partial charge in [-0.05, 0) is 18.6 Å². The molecule has 0 N–H and O–H groups in total. The number of aryl methyl sites for hydroxylation is 1. The molecule has 0 bridgehead atoms. The smallest absolute Gasteiger partial charge is 0.338 e. The van der Waals surface area contributed by atoms with E-state index in [1.165, 1.54) is 13.8 Å². The molecule has 0 atom stereocenters. The average molecular weight is 280 g/mol. The van der Waals surface area contributed by atoms with Gasteiger partial charge in [-0.25, -0.2) is 4.79 Å². The SMILES string of the molecule is CC(=O)OC(COC(=O)c1ccccc1C)OC(C)=O. The predicted molar refractivity (Wildman–Crippen MR) is 68.8 cm³/mol. The summed E-state index contributed by atoms with van der Waals surface area (Å²) >= 11 is 0. The standard InChI is InChI=1S/C14H16O6/c1-9-6-4-5-7-12(9)14(17)18-8-13(19-10(2)15)20-11(3)16/h4-7,13H,8H2,1-3H3. The molecule has 0 fully saturated rings. The van der Waals surface area contributed by atoms with Gasteiger partial charge in [0.05, 0.1) is 5.56 Å². The number of benzene rings is 1. The van der Waals surface area contributed by atoms with Crippen LogP contribution in [-0.4, -0.2) is 30.8 Å². The summed E-state index contributed by atoms with van der Waals surface area (Å²) in [5.41, 5.74) is 1.16. The predicted octanol–water partition coefficient (Wildman–Crippen LogP) is 1.60. The highest BCUT2D eigenvalue weighted by molar-refractivity contribution is 5.90. The number of carbonyl (C=O) groups excluding carboxylic acids is 3. The fourth-order valence-electron chi connectivity index (χ4n) is 1.49. The lowest BCUT2D eigenvalue weighted by Gasteiger charge is -2.16. The Morgan fingerprint density at radius 1 is 1.05 bits per heavy atom. The monoisotopic (exact) mass is 280 g/mol. The molecule has 0 spiro atoms. The van der Waals surface area contributed by atoms with Gasteiger partial charge < -0.3 is 14.2 Å². The molecule has 0 saturated carbocycles. The molecule has 0 aliphatic heterocycles. The Hall–Kier alpha value is -2.37. The van der Waals surface area contributed by atoms with Crippen LogP contribution in [0.4, 0.5) is 0 Å². The summed E-state index contributed by atoms with van der Waals surface area (Å²) < 4.78 is 14.4. The molecule has 1 rings (SSSR count). The van der Waals surface area contributed by atoms with Crippen LogP contribution in [0.1, 0.15) is 29.8 Å². The van der Waals surface area contributed by atoms with Crippen LogP contribution in [0.25, 0.3) is 0 Å². The zero-order chi connectivity index (χ0) is 15.1. The summed E-state index contributed by atoms with van der Waals surface area (Å²) in [6.07, 6.45) is -1.24. The topological polar surface area (TPSA) is 78.9 Å². The highest BCUT2D eigenvalue weighted by Gasteiger charge is 2.19. The Kier molecular flexibility index (Phi) is 5.71. The quantitative estimate of drug-likeness (QED) is 0.602. The molecular weight excluding hydrogens is 264 g/mol. The van der Waals surface area contributed by atoms with Crippen LogP contribution >= 0.6 is 0 Å². The molecule has 0 aliphatic rings. The number of hydrogen-bond acceptors (Lipinski definition) is 6. The summed E-state index contributed by atoms with van der Waals surface area (Å²) in [5, 5.41) is 0. The molecule has 1 aromatic carbocycles. The first-order chi connectivity index (χ1) is 9.40. The fourth-order valence-corrected chi connectivity index (χ4v) is 1.49. The molecule has 1 aromatic rings. The van der Waals surface area contributed by atoms with Crippen LogP contribution in [0.2, 0.25) is 0 Å². The summed E-state index contributed by atoms with van der Waals surface area (Å²) in [6.45, 7) is 3.75. The van der Waals surface area contributed by atoms with Crippen molar-refractivity contribution < 1.29 is 28.6 Å². The van der Waals surface area contributed by atoms with Crippen LogP contribution in [0, 0.1) is 6.92 Å². The third-order valence-corrected chi connectivity index (χ3v) is 2.31. The zero-order valence-electron chi connectivity index (χ0n) is 11.5.